The Kier molecular flexibility index (Phi) is 4.24. The first-order chi connectivity index (χ1) is 9.10. The van der Waals surface area contributed by atoms with Gasteiger partial charge in [-0.15, -0.1) is 0 Å². The molecule has 0 heterocycles. The van der Waals surface area contributed by atoms with E-state index in [4.69, 9.17) is 5.26 Å². The standard InChI is InChI=1S/C16H15BrN2/c1-11-3-6-15(17)16(7-11)19-10-14-5-4-13(9-18)8-12(14)2/h3-8,19H,10H2,1-2H3. The number of rotatable bonds is 3. The second-order valence-corrected chi connectivity index (χ2v) is 5.44. The third-order valence-electron chi connectivity index (χ3n) is 3.06. The first-order valence-electron chi connectivity index (χ1n) is 6.10. The highest BCUT2D eigenvalue weighted by atomic mass is 79.9. The molecule has 0 aliphatic heterocycles. The average molecular weight is 315 g/mol. The highest BCUT2D eigenvalue weighted by Gasteiger charge is 2.03. The van der Waals surface area contributed by atoms with Crippen LogP contribution in [0.25, 0.3) is 0 Å². The highest BCUT2D eigenvalue weighted by molar-refractivity contribution is 9.10. The smallest absolute Gasteiger partial charge is 0.0991 e. The second kappa shape index (κ2) is 5.90. The Balaban J connectivity index is 2.15. The molecule has 0 aliphatic carbocycles. The summed E-state index contributed by atoms with van der Waals surface area (Å²) >= 11 is 3.54. The van der Waals surface area contributed by atoms with E-state index in [0.717, 1.165) is 22.3 Å². The van der Waals surface area contributed by atoms with Crippen molar-refractivity contribution in [2.75, 3.05) is 5.32 Å². The van der Waals surface area contributed by atoms with Crippen LogP contribution in [0.5, 0.6) is 0 Å². The van der Waals surface area contributed by atoms with Crippen LogP contribution in [0.15, 0.2) is 40.9 Å². The molecule has 19 heavy (non-hydrogen) atoms. The summed E-state index contributed by atoms with van der Waals surface area (Å²) in [5, 5.41) is 12.3. The van der Waals surface area contributed by atoms with Gasteiger partial charge in [0.1, 0.15) is 0 Å². The lowest BCUT2D eigenvalue weighted by Gasteiger charge is -2.11. The van der Waals surface area contributed by atoms with E-state index in [1.165, 1.54) is 11.1 Å². The molecule has 0 fully saturated rings. The molecule has 0 unspecified atom stereocenters. The summed E-state index contributed by atoms with van der Waals surface area (Å²) in [6.07, 6.45) is 0. The fourth-order valence-corrected chi connectivity index (χ4v) is 2.32. The van der Waals surface area contributed by atoms with Crippen molar-refractivity contribution in [3.63, 3.8) is 0 Å². The minimum Gasteiger partial charge on any atom is -0.380 e. The number of anilines is 1. The van der Waals surface area contributed by atoms with Crippen molar-refractivity contribution in [3.8, 4) is 6.07 Å². The number of nitrogens with one attached hydrogen (secondary N) is 1. The first-order valence-corrected chi connectivity index (χ1v) is 6.89. The van der Waals surface area contributed by atoms with Gasteiger partial charge in [-0.3, -0.25) is 0 Å². The fraction of sp³-hybridized carbons (Fsp3) is 0.188. The lowest BCUT2D eigenvalue weighted by atomic mass is 10.1. The Hall–Kier alpha value is -1.79. The summed E-state index contributed by atoms with van der Waals surface area (Å²) in [4.78, 5) is 0. The van der Waals surface area contributed by atoms with Crippen LogP contribution in [-0.4, -0.2) is 0 Å². The maximum Gasteiger partial charge on any atom is 0.0991 e. The van der Waals surface area contributed by atoms with E-state index in [1.807, 2.05) is 31.2 Å². The topological polar surface area (TPSA) is 35.8 Å². The molecule has 0 aromatic heterocycles. The van der Waals surface area contributed by atoms with Crippen molar-refractivity contribution in [2.24, 2.45) is 0 Å². The van der Waals surface area contributed by atoms with Gasteiger partial charge in [-0.1, -0.05) is 12.1 Å². The molecule has 0 saturated heterocycles. The van der Waals surface area contributed by atoms with Crippen molar-refractivity contribution < 1.29 is 0 Å². The zero-order valence-corrected chi connectivity index (χ0v) is 12.6. The number of benzene rings is 2. The predicted octanol–water partition coefficient (Wildman–Crippen LogP) is 4.55. The third kappa shape index (κ3) is 3.36. The fourth-order valence-electron chi connectivity index (χ4n) is 1.93. The van der Waals surface area contributed by atoms with E-state index in [-0.39, 0.29) is 0 Å². The monoisotopic (exact) mass is 314 g/mol. The Morgan fingerprint density at radius 2 is 1.95 bits per heavy atom. The van der Waals surface area contributed by atoms with Crippen LogP contribution in [0.2, 0.25) is 0 Å². The number of hydrogen-bond donors (Lipinski definition) is 1. The summed E-state index contributed by atoms with van der Waals surface area (Å²) in [7, 11) is 0. The van der Waals surface area contributed by atoms with Crippen LogP contribution in [0, 0.1) is 25.2 Å². The number of aryl methyl sites for hydroxylation is 2. The minimum atomic E-state index is 0.706. The van der Waals surface area contributed by atoms with Crippen molar-refractivity contribution in [3.05, 3.63) is 63.1 Å². The Bertz CT molecular complexity index is 642. The first kappa shape index (κ1) is 13.6. The van der Waals surface area contributed by atoms with Crippen molar-refractivity contribution >= 4 is 21.6 Å². The lowest BCUT2D eigenvalue weighted by molar-refractivity contribution is 1.11. The van der Waals surface area contributed by atoms with Crippen LogP contribution >= 0.6 is 15.9 Å². The van der Waals surface area contributed by atoms with Crippen molar-refractivity contribution in [1.29, 1.82) is 5.26 Å². The van der Waals surface area contributed by atoms with Crippen LogP contribution in [0.4, 0.5) is 5.69 Å². The second-order valence-electron chi connectivity index (χ2n) is 4.59. The zero-order chi connectivity index (χ0) is 13.8. The summed E-state index contributed by atoms with van der Waals surface area (Å²) in [6, 6.07) is 14.2. The van der Waals surface area contributed by atoms with Gasteiger partial charge in [-0.2, -0.15) is 5.26 Å². The van der Waals surface area contributed by atoms with Gasteiger partial charge in [0.05, 0.1) is 11.6 Å². The van der Waals surface area contributed by atoms with Gasteiger partial charge in [0.2, 0.25) is 0 Å². The molecule has 2 nitrogen and oxygen atoms in total. The molecule has 0 aliphatic rings. The van der Waals surface area contributed by atoms with Crippen LogP contribution in [-0.2, 0) is 6.54 Å². The van der Waals surface area contributed by atoms with E-state index in [0.29, 0.717) is 5.56 Å². The molecule has 2 aromatic carbocycles. The summed E-state index contributed by atoms with van der Waals surface area (Å²) in [5.74, 6) is 0. The zero-order valence-electron chi connectivity index (χ0n) is 11.0. The molecule has 96 valence electrons. The normalized spacial score (nSPS) is 10.0. The van der Waals surface area contributed by atoms with Crippen molar-refractivity contribution in [2.45, 2.75) is 20.4 Å². The summed E-state index contributed by atoms with van der Waals surface area (Å²) in [6.45, 7) is 4.85. The molecule has 2 aromatic rings. The van der Waals surface area contributed by atoms with E-state index in [1.54, 1.807) is 0 Å². The van der Waals surface area contributed by atoms with Gasteiger partial charge >= 0.3 is 0 Å². The largest absolute Gasteiger partial charge is 0.380 e. The molecular weight excluding hydrogens is 300 g/mol. The van der Waals surface area contributed by atoms with Crippen LogP contribution in [0.1, 0.15) is 22.3 Å². The molecule has 0 bridgehead atoms. The third-order valence-corrected chi connectivity index (χ3v) is 3.75. The molecule has 0 atom stereocenters. The molecule has 0 spiro atoms. The van der Waals surface area contributed by atoms with E-state index >= 15 is 0 Å². The Morgan fingerprint density at radius 3 is 2.63 bits per heavy atom. The minimum absolute atomic E-state index is 0.706. The quantitative estimate of drug-likeness (QED) is 0.902. The van der Waals surface area contributed by atoms with Crippen LogP contribution in [0.3, 0.4) is 0 Å². The lowest BCUT2D eigenvalue weighted by Crippen LogP contribution is -2.02. The number of halogens is 1. The maximum atomic E-state index is 8.86. The molecular formula is C16H15BrN2. The maximum absolute atomic E-state index is 8.86. The van der Waals surface area contributed by atoms with Crippen molar-refractivity contribution in [1.82, 2.24) is 0 Å². The SMILES string of the molecule is Cc1ccc(Br)c(NCc2ccc(C#N)cc2C)c1. The van der Waals surface area contributed by atoms with Gasteiger partial charge in [0.15, 0.2) is 0 Å². The van der Waals surface area contributed by atoms with E-state index in [9.17, 15) is 0 Å². The molecule has 1 N–H and O–H groups in total. The summed E-state index contributed by atoms with van der Waals surface area (Å²) < 4.78 is 1.06. The van der Waals surface area contributed by atoms with Gasteiger partial charge in [-0.05, 0) is 70.7 Å². The predicted molar refractivity (Wildman–Crippen MR) is 82.1 cm³/mol. The highest BCUT2D eigenvalue weighted by Crippen LogP contribution is 2.24. The molecule has 0 amide bonds. The Labute approximate surface area is 122 Å². The summed E-state index contributed by atoms with van der Waals surface area (Å²) in [5.41, 5.74) is 5.35. The molecule has 2 rings (SSSR count). The number of nitrogens with zero attached hydrogens (tertiary/aromatic N) is 1. The number of nitriles is 1. The molecule has 3 heteroatoms. The van der Waals surface area contributed by atoms with Gasteiger partial charge in [0, 0.05) is 16.7 Å². The van der Waals surface area contributed by atoms with Crippen LogP contribution < -0.4 is 5.32 Å². The Morgan fingerprint density at radius 1 is 1.16 bits per heavy atom. The van der Waals surface area contributed by atoms with E-state index in [2.05, 4.69) is 46.4 Å². The van der Waals surface area contributed by atoms with E-state index < -0.39 is 0 Å². The van der Waals surface area contributed by atoms with Gasteiger partial charge < -0.3 is 5.32 Å². The van der Waals surface area contributed by atoms with Gasteiger partial charge in [0.25, 0.3) is 0 Å². The average Bonchev–Trinajstić information content (AvgIpc) is 2.40. The van der Waals surface area contributed by atoms with Gasteiger partial charge in [-0.25, -0.2) is 0 Å². The number of hydrogen-bond acceptors (Lipinski definition) is 2. The molecule has 0 saturated carbocycles. The molecule has 0 radical (unpaired) electrons.